The van der Waals surface area contributed by atoms with Gasteiger partial charge in [0.05, 0.1) is 18.8 Å². The molecule has 0 bridgehead atoms. The molecule has 0 aromatic heterocycles. The molecule has 0 radical (unpaired) electrons. The lowest BCUT2D eigenvalue weighted by Gasteiger charge is -2.08. The van der Waals surface area contributed by atoms with Crippen molar-refractivity contribution in [3.05, 3.63) is 35.9 Å². The van der Waals surface area contributed by atoms with Crippen molar-refractivity contribution in [2.45, 2.75) is 18.6 Å². The number of ether oxygens (including phenoxy) is 1. The molecule has 70 valence electrons. The van der Waals surface area contributed by atoms with Crippen molar-refractivity contribution in [1.29, 1.82) is 0 Å². The predicted octanol–water partition coefficient (Wildman–Crippen LogP) is 1.50. The highest BCUT2D eigenvalue weighted by molar-refractivity contribution is 5.18. The van der Waals surface area contributed by atoms with Crippen molar-refractivity contribution in [2.75, 3.05) is 6.61 Å². The summed E-state index contributed by atoms with van der Waals surface area (Å²) in [4.78, 5) is 0. The molecule has 1 fully saturated rings. The highest BCUT2D eigenvalue weighted by Gasteiger charge is 2.25. The first kappa shape index (κ1) is 8.69. The first-order valence-corrected chi connectivity index (χ1v) is 4.46. The minimum absolute atomic E-state index is 0.0743. The van der Waals surface area contributed by atoms with E-state index in [0.29, 0.717) is 6.61 Å². The van der Waals surface area contributed by atoms with Gasteiger partial charge in [-0.1, -0.05) is 30.3 Å². The number of hydrogen-bond acceptors (Lipinski definition) is 3. The maximum atomic E-state index is 8.70. The largest absolute Gasteiger partial charge is 0.372 e. The van der Waals surface area contributed by atoms with Crippen LogP contribution >= 0.6 is 0 Å². The summed E-state index contributed by atoms with van der Waals surface area (Å²) in [6.45, 7) is 0.579. The third-order valence-corrected chi connectivity index (χ3v) is 2.35. The van der Waals surface area contributed by atoms with Gasteiger partial charge in [0.1, 0.15) is 0 Å². The molecule has 2 rings (SSSR count). The average molecular weight is 179 g/mol. The molecular formula is C10H13NO2. The van der Waals surface area contributed by atoms with Gasteiger partial charge in [0, 0.05) is 0 Å². The third-order valence-electron chi connectivity index (χ3n) is 2.35. The Balaban J connectivity index is 2.04. The van der Waals surface area contributed by atoms with E-state index < -0.39 is 0 Å². The van der Waals surface area contributed by atoms with Gasteiger partial charge < -0.3 is 9.94 Å². The van der Waals surface area contributed by atoms with Crippen LogP contribution in [0.5, 0.6) is 0 Å². The fourth-order valence-corrected chi connectivity index (χ4v) is 1.62. The van der Waals surface area contributed by atoms with E-state index >= 15 is 0 Å². The maximum absolute atomic E-state index is 8.70. The number of rotatable bonds is 2. The normalized spacial score (nSPS) is 27.8. The monoisotopic (exact) mass is 179 g/mol. The summed E-state index contributed by atoms with van der Waals surface area (Å²) in [5, 5.41) is 8.70. The molecule has 1 aliphatic rings. The van der Waals surface area contributed by atoms with Crippen LogP contribution in [0.4, 0.5) is 0 Å². The third kappa shape index (κ3) is 1.88. The first-order valence-electron chi connectivity index (χ1n) is 4.46. The van der Waals surface area contributed by atoms with Gasteiger partial charge in [-0.15, -0.1) is 0 Å². The van der Waals surface area contributed by atoms with Crippen LogP contribution < -0.4 is 5.48 Å². The van der Waals surface area contributed by atoms with E-state index in [4.69, 9.17) is 9.94 Å². The summed E-state index contributed by atoms with van der Waals surface area (Å²) in [6, 6.07) is 10.1. The molecule has 0 amide bonds. The van der Waals surface area contributed by atoms with Crippen LogP contribution in [0, 0.1) is 0 Å². The Hall–Kier alpha value is -0.900. The number of hydroxylamine groups is 1. The van der Waals surface area contributed by atoms with Gasteiger partial charge in [0.2, 0.25) is 0 Å². The summed E-state index contributed by atoms with van der Waals surface area (Å²) >= 11 is 0. The summed E-state index contributed by atoms with van der Waals surface area (Å²) in [7, 11) is 0. The van der Waals surface area contributed by atoms with Gasteiger partial charge in [-0.3, -0.25) is 0 Å². The van der Waals surface area contributed by atoms with E-state index in [1.165, 1.54) is 5.56 Å². The molecule has 1 aromatic carbocycles. The van der Waals surface area contributed by atoms with Crippen molar-refractivity contribution < 1.29 is 9.94 Å². The van der Waals surface area contributed by atoms with Crippen LogP contribution in [0.1, 0.15) is 18.1 Å². The summed E-state index contributed by atoms with van der Waals surface area (Å²) in [5.74, 6) is 0. The smallest absolute Gasteiger partial charge is 0.0842 e. The van der Waals surface area contributed by atoms with Crippen LogP contribution in [0.15, 0.2) is 30.3 Å². The number of nitrogens with one attached hydrogen (secondary N) is 1. The van der Waals surface area contributed by atoms with E-state index in [2.05, 4.69) is 5.48 Å². The first-order chi connectivity index (χ1) is 6.40. The Bertz CT molecular complexity index is 263. The summed E-state index contributed by atoms with van der Waals surface area (Å²) in [5.41, 5.74) is 3.42. The fourth-order valence-electron chi connectivity index (χ4n) is 1.62. The van der Waals surface area contributed by atoms with Gasteiger partial charge in [-0.2, -0.15) is 0 Å². The van der Waals surface area contributed by atoms with Gasteiger partial charge in [0.25, 0.3) is 0 Å². The SMILES string of the molecule is ONC1COC(c2ccccc2)C1. The second-order valence-electron chi connectivity index (χ2n) is 3.29. The minimum Gasteiger partial charge on any atom is -0.372 e. The minimum atomic E-state index is 0.0743. The van der Waals surface area contributed by atoms with Crippen molar-refractivity contribution in [3.63, 3.8) is 0 Å². The molecule has 0 spiro atoms. The molecule has 1 heterocycles. The Morgan fingerprint density at radius 1 is 1.31 bits per heavy atom. The second kappa shape index (κ2) is 3.87. The van der Waals surface area contributed by atoms with Crippen molar-refractivity contribution in [1.82, 2.24) is 5.48 Å². The fraction of sp³-hybridized carbons (Fsp3) is 0.400. The van der Waals surface area contributed by atoms with Crippen molar-refractivity contribution in [2.24, 2.45) is 0 Å². The predicted molar refractivity (Wildman–Crippen MR) is 48.5 cm³/mol. The molecule has 3 nitrogen and oxygen atoms in total. The lowest BCUT2D eigenvalue weighted by atomic mass is 10.1. The lowest BCUT2D eigenvalue weighted by molar-refractivity contribution is 0.0880. The molecule has 0 aliphatic carbocycles. The second-order valence-corrected chi connectivity index (χ2v) is 3.29. The number of hydrogen-bond donors (Lipinski definition) is 2. The van der Waals surface area contributed by atoms with Gasteiger partial charge in [-0.25, -0.2) is 5.48 Å². The van der Waals surface area contributed by atoms with Crippen LogP contribution in [0.25, 0.3) is 0 Å². The maximum Gasteiger partial charge on any atom is 0.0842 e. The highest BCUT2D eigenvalue weighted by atomic mass is 16.5. The molecule has 1 aliphatic heterocycles. The van der Waals surface area contributed by atoms with E-state index in [1.807, 2.05) is 30.3 Å². The topological polar surface area (TPSA) is 41.5 Å². The lowest BCUT2D eigenvalue weighted by Crippen LogP contribution is -2.25. The zero-order valence-electron chi connectivity index (χ0n) is 7.31. The van der Waals surface area contributed by atoms with E-state index in [0.717, 1.165) is 6.42 Å². The Morgan fingerprint density at radius 2 is 2.08 bits per heavy atom. The summed E-state index contributed by atoms with van der Waals surface area (Å²) in [6.07, 6.45) is 0.964. The molecule has 1 aromatic rings. The molecule has 1 saturated heterocycles. The van der Waals surface area contributed by atoms with Crippen LogP contribution in [0.2, 0.25) is 0 Å². The average Bonchev–Trinajstić information content (AvgIpc) is 2.67. The molecular weight excluding hydrogens is 166 g/mol. The van der Waals surface area contributed by atoms with Gasteiger partial charge in [0.15, 0.2) is 0 Å². The van der Waals surface area contributed by atoms with E-state index in [9.17, 15) is 0 Å². The van der Waals surface area contributed by atoms with Crippen LogP contribution in [0.3, 0.4) is 0 Å². The Labute approximate surface area is 77.3 Å². The number of benzene rings is 1. The van der Waals surface area contributed by atoms with Crippen molar-refractivity contribution in [3.8, 4) is 0 Å². The van der Waals surface area contributed by atoms with Gasteiger partial charge >= 0.3 is 0 Å². The van der Waals surface area contributed by atoms with Crippen molar-refractivity contribution >= 4 is 0 Å². The molecule has 0 saturated carbocycles. The molecule has 13 heavy (non-hydrogen) atoms. The Morgan fingerprint density at radius 3 is 2.69 bits per heavy atom. The van der Waals surface area contributed by atoms with E-state index in [1.54, 1.807) is 0 Å². The molecule has 2 unspecified atom stereocenters. The molecule has 2 N–H and O–H groups in total. The summed E-state index contributed by atoms with van der Waals surface area (Å²) < 4.78 is 5.52. The van der Waals surface area contributed by atoms with Gasteiger partial charge in [-0.05, 0) is 12.0 Å². The zero-order valence-corrected chi connectivity index (χ0v) is 7.31. The molecule has 3 heteroatoms. The molecule has 2 atom stereocenters. The quantitative estimate of drug-likeness (QED) is 0.676. The zero-order chi connectivity index (χ0) is 9.10. The van der Waals surface area contributed by atoms with Crippen LogP contribution in [-0.2, 0) is 4.74 Å². The van der Waals surface area contributed by atoms with E-state index in [-0.39, 0.29) is 12.1 Å². The van der Waals surface area contributed by atoms with Crippen LogP contribution in [-0.4, -0.2) is 17.9 Å². The highest BCUT2D eigenvalue weighted by Crippen LogP contribution is 2.28. The Kier molecular flexibility index (Phi) is 2.59. The standard InChI is InChI=1S/C10H13NO2/c12-11-9-6-10(13-7-9)8-4-2-1-3-5-8/h1-5,9-12H,6-7H2.